The molecule has 5 heteroatoms. The molecule has 1 saturated carbocycles. The van der Waals surface area contributed by atoms with E-state index in [0.717, 1.165) is 19.3 Å². The van der Waals surface area contributed by atoms with Crippen LogP contribution in [0.4, 0.5) is 4.39 Å². The van der Waals surface area contributed by atoms with Gasteiger partial charge >= 0.3 is 0 Å². The van der Waals surface area contributed by atoms with Crippen molar-refractivity contribution >= 4 is 17.7 Å². The van der Waals surface area contributed by atoms with Crippen LogP contribution in [0.5, 0.6) is 0 Å². The van der Waals surface area contributed by atoms with E-state index in [-0.39, 0.29) is 24.1 Å². The van der Waals surface area contributed by atoms with E-state index in [2.05, 4.69) is 23.4 Å². The highest BCUT2D eigenvalue weighted by Crippen LogP contribution is 2.28. The van der Waals surface area contributed by atoms with Gasteiger partial charge in [0.25, 0.3) is 5.91 Å². The van der Waals surface area contributed by atoms with E-state index in [1.165, 1.54) is 12.1 Å². The topological polar surface area (TPSA) is 49.3 Å². The van der Waals surface area contributed by atoms with E-state index in [1.807, 2.05) is 11.8 Å². The molecule has 3 nitrogen and oxygen atoms in total. The first-order valence-electron chi connectivity index (χ1n) is 6.87. The van der Waals surface area contributed by atoms with Gasteiger partial charge in [-0.05, 0) is 43.7 Å². The maximum absolute atomic E-state index is 13.9. The Morgan fingerprint density at radius 3 is 2.95 bits per heavy atom. The number of carbonyl (C=O) groups is 1. The lowest BCUT2D eigenvalue weighted by Gasteiger charge is -2.13. The van der Waals surface area contributed by atoms with Crippen LogP contribution in [0.25, 0.3) is 0 Å². The van der Waals surface area contributed by atoms with Crippen LogP contribution in [-0.4, -0.2) is 35.2 Å². The molecule has 2 rings (SSSR count). The summed E-state index contributed by atoms with van der Waals surface area (Å²) in [7, 11) is 0. The summed E-state index contributed by atoms with van der Waals surface area (Å²) in [5, 5.41) is 12.1. The minimum Gasteiger partial charge on any atom is -0.384 e. The molecule has 0 heterocycles. The van der Waals surface area contributed by atoms with Gasteiger partial charge in [-0.1, -0.05) is 11.8 Å². The van der Waals surface area contributed by atoms with Gasteiger partial charge in [-0.3, -0.25) is 4.79 Å². The first-order valence-corrected chi connectivity index (χ1v) is 8.15. The predicted octanol–water partition coefficient (Wildman–Crippen LogP) is 2.18. The molecule has 0 spiro atoms. The van der Waals surface area contributed by atoms with Gasteiger partial charge in [-0.25, -0.2) is 4.39 Å². The van der Waals surface area contributed by atoms with Gasteiger partial charge < -0.3 is 10.4 Å². The van der Waals surface area contributed by atoms with Gasteiger partial charge in [0.2, 0.25) is 0 Å². The number of hydrogen-bond donors (Lipinski definition) is 2. The quantitative estimate of drug-likeness (QED) is 0.842. The highest BCUT2D eigenvalue weighted by molar-refractivity contribution is 7.99. The summed E-state index contributed by atoms with van der Waals surface area (Å²) in [5.74, 6) is 4.10. The van der Waals surface area contributed by atoms with Crippen molar-refractivity contribution in [3.63, 3.8) is 0 Å². The summed E-state index contributed by atoms with van der Waals surface area (Å²) in [6.07, 6.45) is 5.04. The SMILES string of the molecule is CSC1CCC(NC(=O)c2ccc(C#CCO)cc2F)C1. The molecule has 2 N–H and O–H groups in total. The number of amides is 1. The first-order chi connectivity index (χ1) is 10.1. The normalized spacial score (nSPS) is 20.7. The number of aliphatic hydroxyl groups is 1. The summed E-state index contributed by atoms with van der Waals surface area (Å²) in [5.41, 5.74) is 0.485. The second-order valence-corrected chi connectivity index (χ2v) is 6.13. The Bertz CT molecular complexity index is 579. The monoisotopic (exact) mass is 307 g/mol. The summed E-state index contributed by atoms with van der Waals surface area (Å²) in [4.78, 5) is 12.1. The van der Waals surface area contributed by atoms with Crippen molar-refractivity contribution in [1.82, 2.24) is 5.32 Å². The number of nitrogens with one attached hydrogen (secondary N) is 1. The smallest absolute Gasteiger partial charge is 0.254 e. The van der Waals surface area contributed by atoms with Crippen molar-refractivity contribution in [2.24, 2.45) is 0 Å². The van der Waals surface area contributed by atoms with Crippen LogP contribution in [0.2, 0.25) is 0 Å². The Morgan fingerprint density at radius 1 is 1.52 bits per heavy atom. The van der Waals surface area contributed by atoms with E-state index < -0.39 is 5.82 Å². The third-order valence-electron chi connectivity index (χ3n) is 3.58. The average Bonchev–Trinajstić information content (AvgIpc) is 2.92. The Kier molecular flexibility index (Phi) is 5.66. The first kappa shape index (κ1) is 15.9. The van der Waals surface area contributed by atoms with Gasteiger partial charge in [0.05, 0.1) is 5.56 Å². The van der Waals surface area contributed by atoms with Crippen molar-refractivity contribution in [2.45, 2.75) is 30.6 Å². The highest BCUT2D eigenvalue weighted by atomic mass is 32.2. The molecule has 1 aromatic rings. The van der Waals surface area contributed by atoms with Crippen LogP contribution in [0, 0.1) is 17.7 Å². The van der Waals surface area contributed by atoms with Gasteiger partial charge in [-0.15, -0.1) is 0 Å². The second-order valence-electron chi connectivity index (χ2n) is 5.00. The minimum atomic E-state index is -0.586. The van der Waals surface area contributed by atoms with Gasteiger partial charge in [0, 0.05) is 16.9 Å². The third kappa shape index (κ3) is 4.23. The molecular weight excluding hydrogens is 289 g/mol. The zero-order valence-electron chi connectivity index (χ0n) is 11.9. The Morgan fingerprint density at radius 2 is 2.33 bits per heavy atom. The van der Waals surface area contributed by atoms with Crippen LogP contribution in [0.3, 0.4) is 0 Å². The Hall–Kier alpha value is -1.51. The molecule has 0 bridgehead atoms. The molecule has 2 atom stereocenters. The lowest BCUT2D eigenvalue weighted by atomic mass is 10.1. The molecule has 21 heavy (non-hydrogen) atoms. The van der Waals surface area contributed by atoms with Gasteiger partial charge in [0.15, 0.2) is 0 Å². The van der Waals surface area contributed by atoms with Crippen LogP contribution in [0.1, 0.15) is 35.2 Å². The maximum Gasteiger partial charge on any atom is 0.254 e. The van der Waals surface area contributed by atoms with Crippen molar-refractivity contribution in [3.05, 3.63) is 35.1 Å². The van der Waals surface area contributed by atoms with Crippen LogP contribution >= 0.6 is 11.8 Å². The number of aliphatic hydroxyl groups excluding tert-OH is 1. The molecule has 1 aliphatic rings. The molecule has 0 aliphatic heterocycles. The fourth-order valence-corrected chi connectivity index (χ4v) is 3.26. The average molecular weight is 307 g/mol. The molecule has 1 aromatic carbocycles. The number of halogens is 1. The van der Waals surface area contributed by atoms with E-state index >= 15 is 0 Å². The van der Waals surface area contributed by atoms with Gasteiger partial charge in [-0.2, -0.15) is 11.8 Å². The lowest BCUT2D eigenvalue weighted by molar-refractivity contribution is 0.0934. The summed E-state index contributed by atoms with van der Waals surface area (Å²) in [6, 6.07) is 4.37. The Balaban J connectivity index is 2.02. The van der Waals surface area contributed by atoms with Crippen molar-refractivity contribution in [2.75, 3.05) is 12.9 Å². The summed E-state index contributed by atoms with van der Waals surface area (Å²) in [6.45, 7) is -0.276. The number of rotatable bonds is 3. The van der Waals surface area contributed by atoms with E-state index in [0.29, 0.717) is 10.8 Å². The van der Waals surface area contributed by atoms with Crippen molar-refractivity contribution in [1.29, 1.82) is 0 Å². The maximum atomic E-state index is 13.9. The zero-order chi connectivity index (χ0) is 15.2. The molecule has 1 fully saturated rings. The summed E-state index contributed by atoms with van der Waals surface area (Å²) >= 11 is 1.81. The van der Waals surface area contributed by atoms with E-state index in [4.69, 9.17) is 5.11 Å². The number of benzene rings is 1. The molecular formula is C16H18FNO2S. The zero-order valence-corrected chi connectivity index (χ0v) is 12.7. The molecule has 2 unspecified atom stereocenters. The predicted molar refractivity (Wildman–Crippen MR) is 82.8 cm³/mol. The lowest BCUT2D eigenvalue weighted by Crippen LogP contribution is -2.33. The minimum absolute atomic E-state index is 0.0390. The van der Waals surface area contributed by atoms with Crippen molar-refractivity contribution < 1.29 is 14.3 Å². The van der Waals surface area contributed by atoms with Crippen LogP contribution in [-0.2, 0) is 0 Å². The standard InChI is InChI=1S/C16H18FNO2S/c1-21-13-6-5-12(10-13)18-16(20)14-7-4-11(3-2-8-19)9-15(14)17/h4,7,9,12-13,19H,5-6,8,10H2,1H3,(H,18,20). The third-order valence-corrected chi connectivity index (χ3v) is 4.67. The fourth-order valence-electron chi connectivity index (χ4n) is 2.47. The second kappa shape index (κ2) is 7.48. The molecule has 0 aromatic heterocycles. The van der Waals surface area contributed by atoms with Crippen LogP contribution < -0.4 is 5.32 Å². The molecule has 1 amide bonds. The molecule has 112 valence electrons. The van der Waals surface area contributed by atoms with Crippen molar-refractivity contribution in [3.8, 4) is 11.8 Å². The molecule has 0 saturated heterocycles. The summed E-state index contributed by atoms with van der Waals surface area (Å²) < 4.78 is 13.9. The van der Waals surface area contributed by atoms with E-state index in [1.54, 1.807) is 6.07 Å². The largest absolute Gasteiger partial charge is 0.384 e. The Labute approximate surface area is 128 Å². The van der Waals surface area contributed by atoms with E-state index in [9.17, 15) is 9.18 Å². The molecule has 1 aliphatic carbocycles. The fraction of sp³-hybridized carbons (Fsp3) is 0.438. The number of hydrogen-bond acceptors (Lipinski definition) is 3. The molecule has 0 radical (unpaired) electrons. The number of thioether (sulfide) groups is 1. The highest BCUT2D eigenvalue weighted by Gasteiger charge is 2.26. The van der Waals surface area contributed by atoms with Gasteiger partial charge in [0.1, 0.15) is 12.4 Å². The number of carbonyl (C=O) groups excluding carboxylic acids is 1. The van der Waals surface area contributed by atoms with Crippen LogP contribution in [0.15, 0.2) is 18.2 Å².